The summed E-state index contributed by atoms with van der Waals surface area (Å²) in [6.07, 6.45) is 0. The van der Waals surface area contributed by atoms with Gasteiger partial charge in [-0.15, -0.1) is 0 Å². The third-order valence-electron chi connectivity index (χ3n) is 3.83. The maximum atomic E-state index is 5.45. The zero-order valence-electron chi connectivity index (χ0n) is 14.1. The van der Waals surface area contributed by atoms with Gasteiger partial charge in [0.15, 0.2) is 17.5 Å². The quantitative estimate of drug-likeness (QED) is 0.884. The fourth-order valence-corrected chi connectivity index (χ4v) is 2.69. The lowest BCUT2D eigenvalue weighted by molar-refractivity contribution is 0.324. The Labute approximate surface area is 141 Å². The number of ether oxygens (including phenoxy) is 3. The van der Waals surface area contributed by atoms with E-state index in [1.54, 1.807) is 21.3 Å². The zero-order chi connectivity index (χ0) is 16.9. The van der Waals surface area contributed by atoms with Gasteiger partial charge in [-0.05, 0) is 23.8 Å². The van der Waals surface area contributed by atoms with Gasteiger partial charge in [-0.2, -0.15) is 0 Å². The Bertz CT molecular complexity index is 734. The van der Waals surface area contributed by atoms with Gasteiger partial charge in [-0.25, -0.2) is 0 Å². The number of para-hydroxylation sites is 1. The summed E-state index contributed by atoms with van der Waals surface area (Å²) in [5.74, 6) is 2.61. The molecule has 2 N–H and O–H groups in total. The fourth-order valence-electron chi connectivity index (χ4n) is 2.69. The Morgan fingerprint density at radius 3 is 2.29 bits per heavy atom. The number of benzene rings is 2. The van der Waals surface area contributed by atoms with Gasteiger partial charge < -0.3 is 24.8 Å². The van der Waals surface area contributed by atoms with Gasteiger partial charge in [-0.3, -0.25) is 4.99 Å². The molecule has 0 radical (unpaired) electrons. The number of nitrogens with zero attached hydrogens (tertiary/aromatic N) is 1. The molecule has 0 unspecified atom stereocenters. The summed E-state index contributed by atoms with van der Waals surface area (Å²) in [7, 11) is 4.82. The molecular formula is C18H21N3O3. The number of aliphatic imine (C=N–C) groups is 1. The van der Waals surface area contributed by atoms with E-state index in [4.69, 9.17) is 14.2 Å². The summed E-state index contributed by atoms with van der Waals surface area (Å²) < 4.78 is 16.3. The molecule has 2 aromatic rings. The van der Waals surface area contributed by atoms with Crippen molar-refractivity contribution in [1.82, 2.24) is 5.32 Å². The van der Waals surface area contributed by atoms with Gasteiger partial charge in [0.05, 0.1) is 27.9 Å². The van der Waals surface area contributed by atoms with Crippen LogP contribution in [0.4, 0.5) is 5.69 Å². The van der Waals surface area contributed by atoms with Crippen molar-refractivity contribution in [3.63, 3.8) is 0 Å². The molecule has 0 amide bonds. The number of nitrogens with one attached hydrogen (secondary N) is 2. The lowest BCUT2D eigenvalue weighted by Crippen LogP contribution is -2.26. The zero-order valence-corrected chi connectivity index (χ0v) is 14.1. The van der Waals surface area contributed by atoms with Crippen LogP contribution in [0.25, 0.3) is 11.1 Å². The maximum Gasteiger partial charge on any atom is 0.203 e. The van der Waals surface area contributed by atoms with E-state index in [2.05, 4.69) is 15.6 Å². The van der Waals surface area contributed by atoms with Crippen molar-refractivity contribution in [2.75, 3.05) is 39.7 Å². The lowest BCUT2D eigenvalue weighted by atomic mass is 10.0. The normalized spacial score (nSPS) is 13.0. The third kappa shape index (κ3) is 3.08. The molecule has 0 saturated carbocycles. The third-order valence-corrected chi connectivity index (χ3v) is 3.83. The van der Waals surface area contributed by atoms with E-state index in [0.29, 0.717) is 17.2 Å². The minimum absolute atomic E-state index is 0.580. The Balaban J connectivity index is 2.05. The van der Waals surface area contributed by atoms with Gasteiger partial charge >= 0.3 is 0 Å². The number of anilines is 1. The highest BCUT2D eigenvalue weighted by atomic mass is 16.5. The molecule has 1 aliphatic rings. The highest BCUT2D eigenvalue weighted by Crippen LogP contribution is 2.42. The minimum atomic E-state index is 0.580. The van der Waals surface area contributed by atoms with Gasteiger partial charge in [0.1, 0.15) is 0 Å². The Kier molecular flexibility index (Phi) is 4.74. The second kappa shape index (κ2) is 7.12. The van der Waals surface area contributed by atoms with Crippen LogP contribution < -0.4 is 24.8 Å². The van der Waals surface area contributed by atoms with Crippen molar-refractivity contribution in [2.24, 2.45) is 4.99 Å². The van der Waals surface area contributed by atoms with Crippen LogP contribution in [0.2, 0.25) is 0 Å². The van der Waals surface area contributed by atoms with Gasteiger partial charge in [0, 0.05) is 17.8 Å². The van der Waals surface area contributed by atoms with Crippen LogP contribution in [-0.4, -0.2) is 40.4 Å². The second-order valence-electron chi connectivity index (χ2n) is 5.24. The number of guanidine groups is 1. The molecule has 2 aromatic carbocycles. The SMILES string of the molecule is COc1cc(-c2ccccc2NC2=NCCN2)cc(OC)c1OC. The molecule has 0 spiro atoms. The van der Waals surface area contributed by atoms with Crippen molar-refractivity contribution in [1.29, 1.82) is 0 Å². The highest BCUT2D eigenvalue weighted by molar-refractivity contribution is 5.98. The van der Waals surface area contributed by atoms with Crippen LogP contribution in [0.3, 0.4) is 0 Å². The number of hydrogen-bond donors (Lipinski definition) is 2. The molecule has 0 aliphatic carbocycles. The van der Waals surface area contributed by atoms with E-state index in [-0.39, 0.29) is 0 Å². The molecule has 126 valence electrons. The molecule has 6 heteroatoms. The van der Waals surface area contributed by atoms with Crippen LogP contribution in [0.5, 0.6) is 17.2 Å². The molecule has 0 atom stereocenters. The highest BCUT2D eigenvalue weighted by Gasteiger charge is 2.16. The number of hydrogen-bond acceptors (Lipinski definition) is 6. The average molecular weight is 327 g/mol. The van der Waals surface area contributed by atoms with E-state index in [1.165, 1.54) is 0 Å². The Morgan fingerprint density at radius 2 is 1.71 bits per heavy atom. The smallest absolute Gasteiger partial charge is 0.203 e. The summed E-state index contributed by atoms with van der Waals surface area (Å²) in [5, 5.41) is 6.55. The molecule has 3 rings (SSSR count). The average Bonchev–Trinajstić information content (AvgIpc) is 3.14. The van der Waals surface area contributed by atoms with Crippen LogP contribution in [-0.2, 0) is 0 Å². The molecule has 0 fully saturated rings. The summed E-state index contributed by atoms with van der Waals surface area (Å²) in [4.78, 5) is 4.39. The molecule has 0 saturated heterocycles. The van der Waals surface area contributed by atoms with E-state index < -0.39 is 0 Å². The predicted octanol–water partition coefficient (Wildman–Crippen LogP) is 2.75. The second-order valence-corrected chi connectivity index (χ2v) is 5.24. The van der Waals surface area contributed by atoms with Crippen LogP contribution in [0, 0.1) is 0 Å². The summed E-state index contributed by atoms with van der Waals surface area (Å²) in [5.41, 5.74) is 2.94. The van der Waals surface area contributed by atoms with E-state index in [1.807, 2.05) is 36.4 Å². The van der Waals surface area contributed by atoms with Crippen molar-refractivity contribution < 1.29 is 14.2 Å². The van der Waals surface area contributed by atoms with Crippen molar-refractivity contribution >= 4 is 11.6 Å². The van der Waals surface area contributed by atoms with Crippen molar-refractivity contribution in [2.45, 2.75) is 0 Å². The van der Waals surface area contributed by atoms with Crippen molar-refractivity contribution in [3.8, 4) is 28.4 Å². The molecular weight excluding hydrogens is 306 g/mol. The minimum Gasteiger partial charge on any atom is -0.493 e. The fraction of sp³-hybridized carbons (Fsp3) is 0.278. The Morgan fingerprint density at radius 1 is 1.00 bits per heavy atom. The number of rotatable bonds is 5. The van der Waals surface area contributed by atoms with Crippen LogP contribution in [0.1, 0.15) is 0 Å². The summed E-state index contributed by atoms with van der Waals surface area (Å²) in [6.45, 7) is 1.64. The number of methoxy groups -OCH3 is 3. The van der Waals surface area contributed by atoms with Gasteiger partial charge in [-0.1, -0.05) is 18.2 Å². The molecule has 1 aliphatic heterocycles. The molecule has 24 heavy (non-hydrogen) atoms. The molecule has 6 nitrogen and oxygen atoms in total. The lowest BCUT2D eigenvalue weighted by Gasteiger charge is -2.16. The van der Waals surface area contributed by atoms with Gasteiger partial charge in [0.25, 0.3) is 0 Å². The van der Waals surface area contributed by atoms with E-state index >= 15 is 0 Å². The monoisotopic (exact) mass is 327 g/mol. The topological polar surface area (TPSA) is 64.1 Å². The van der Waals surface area contributed by atoms with E-state index in [9.17, 15) is 0 Å². The first kappa shape index (κ1) is 16.0. The van der Waals surface area contributed by atoms with Crippen LogP contribution >= 0.6 is 0 Å². The molecule has 0 bridgehead atoms. The molecule has 0 aromatic heterocycles. The van der Waals surface area contributed by atoms with Gasteiger partial charge in [0.2, 0.25) is 5.75 Å². The Hall–Kier alpha value is -2.89. The first-order valence-corrected chi connectivity index (χ1v) is 7.71. The first-order chi connectivity index (χ1) is 11.8. The largest absolute Gasteiger partial charge is 0.493 e. The predicted molar refractivity (Wildman–Crippen MR) is 95.5 cm³/mol. The summed E-state index contributed by atoms with van der Waals surface area (Å²) in [6, 6.07) is 11.9. The van der Waals surface area contributed by atoms with Crippen LogP contribution in [0.15, 0.2) is 41.4 Å². The van der Waals surface area contributed by atoms with Crippen molar-refractivity contribution in [3.05, 3.63) is 36.4 Å². The molecule has 1 heterocycles. The standard InChI is InChI=1S/C18H21N3O3/c1-22-15-10-12(11-16(23-2)17(15)24-3)13-6-4-5-7-14(13)21-18-19-8-9-20-18/h4-7,10-11H,8-9H2,1-3H3,(H2,19,20,21). The maximum absolute atomic E-state index is 5.45. The summed E-state index contributed by atoms with van der Waals surface area (Å²) >= 11 is 0. The first-order valence-electron chi connectivity index (χ1n) is 7.71. The van der Waals surface area contributed by atoms with E-state index in [0.717, 1.165) is 35.9 Å².